The number of nitrogens with one attached hydrogen (secondary N) is 1. The normalized spacial score (nSPS) is 11.8. The Labute approximate surface area is 153 Å². The highest BCUT2D eigenvalue weighted by Crippen LogP contribution is 2.25. The van der Waals surface area contributed by atoms with Gasteiger partial charge in [0.25, 0.3) is 0 Å². The van der Waals surface area contributed by atoms with Gasteiger partial charge in [-0.1, -0.05) is 30.3 Å². The van der Waals surface area contributed by atoms with Crippen molar-refractivity contribution in [1.82, 2.24) is 14.3 Å². The molecule has 1 aromatic heterocycles. The number of rotatable bonds is 4. The fourth-order valence-electron chi connectivity index (χ4n) is 2.38. The zero-order chi connectivity index (χ0) is 18.7. The Morgan fingerprint density at radius 3 is 2.65 bits per heavy atom. The van der Waals surface area contributed by atoms with Crippen LogP contribution in [-0.2, 0) is 0 Å². The van der Waals surface area contributed by atoms with E-state index in [9.17, 15) is 13.6 Å². The molecule has 0 saturated carbocycles. The number of anilines is 1. The molecule has 1 N–H and O–H groups in total. The summed E-state index contributed by atoms with van der Waals surface area (Å²) in [7, 11) is 1.50. The summed E-state index contributed by atoms with van der Waals surface area (Å²) in [4.78, 5) is 18.0. The summed E-state index contributed by atoms with van der Waals surface area (Å²) in [5.41, 5.74) is 0.942. The molecule has 1 atom stereocenters. The number of halogens is 2. The van der Waals surface area contributed by atoms with Crippen LogP contribution in [0.4, 0.5) is 18.7 Å². The third-order valence-corrected chi connectivity index (χ3v) is 4.61. The summed E-state index contributed by atoms with van der Waals surface area (Å²) in [6, 6.07) is 11.4. The van der Waals surface area contributed by atoms with Gasteiger partial charge in [0.2, 0.25) is 5.13 Å². The number of aromatic nitrogens is 2. The topological polar surface area (TPSA) is 58.1 Å². The Balaban J connectivity index is 1.71. The van der Waals surface area contributed by atoms with E-state index in [-0.39, 0.29) is 5.56 Å². The maximum absolute atomic E-state index is 13.9. The highest BCUT2D eigenvalue weighted by molar-refractivity contribution is 7.10. The molecule has 0 aliphatic heterocycles. The Morgan fingerprint density at radius 1 is 1.19 bits per heavy atom. The number of carbonyl (C=O) groups is 1. The van der Waals surface area contributed by atoms with Crippen molar-refractivity contribution in [3.05, 3.63) is 65.7 Å². The van der Waals surface area contributed by atoms with Crippen molar-refractivity contribution < 1.29 is 13.6 Å². The van der Waals surface area contributed by atoms with E-state index in [4.69, 9.17) is 0 Å². The number of hydrogen-bond acceptors (Lipinski definition) is 4. The monoisotopic (exact) mass is 374 g/mol. The van der Waals surface area contributed by atoms with Gasteiger partial charge in [-0.25, -0.2) is 13.6 Å². The van der Waals surface area contributed by atoms with Crippen LogP contribution in [0.1, 0.15) is 18.5 Å². The second kappa shape index (κ2) is 7.57. The molecule has 5 nitrogen and oxygen atoms in total. The van der Waals surface area contributed by atoms with Crippen LogP contribution in [0.25, 0.3) is 11.4 Å². The van der Waals surface area contributed by atoms with Crippen LogP contribution in [0.3, 0.4) is 0 Å². The maximum Gasteiger partial charge on any atom is 0.323 e. The first kappa shape index (κ1) is 17.9. The minimum Gasteiger partial charge on any atom is -0.321 e. The minimum atomic E-state index is -0.660. The molecule has 0 fully saturated rings. The number of nitrogens with zero attached hydrogens (tertiary/aromatic N) is 3. The van der Waals surface area contributed by atoms with Crippen molar-refractivity contribution >= 4 is 22.7 Å². The molecule has 2 aromatic carbocycles. The molecule has 2 amide bonds. The van der Waals surface area contributed by atoms with E-state index in [1.165, 1.54) is 11.9 Å². The van der Waals surface area contributed by atoms with Crippen molar-refractivity contribution in [3.8, 4) is 11.4 Å². The molecule has 3 aromatic rings. The van der Waals surface area contributed by atoms with E-state index in [1.807, 2.05) is 30.3 Å². The number of benzene rings is 2. The number of urea groups is 1. The lowest BCUT2D eigenvalue weighted by Crippen LogP contribution is -2.34. The number of hydrogen-bond donors (Lipinski definition) is 1. The molecular weight excluding hydrogens is 358 g/mol. The van der Waals surface area contributed by atoms with E-state index < -0.39 is 23.7 Å². The molecule has 134 valence electrons. The second-order valence-electron chi connectivity index (χ2n) is 5.67. The average molecular weight is 374 g/mol. The minimum absolute atomic E-state index is 0.102. The molecule has 0 aliphatic rings. The first-order chi connectivity index (χ1) is 12.5. The van der Waals surface area contributed by atoms with Crippen LogP contribution >= 0.6 is 11.5 Å². The zero-order valence-electron chi connectivity index (χ0n) is 14.1. The molecule has 26 heavy (non-hydrogen) atoms. The Hall–Kier alpha value is -2.87. The van der Waals surface area contributed by atoms with Gasteiger partial charge in [0.15, 0.2) is 5.82 Å². The van der Waals surface area contributed by atoms with Gasteiger partial charge in [-0.2, -0.15) is 9.36 Å². The van der Waals surface area contributed by atoms with Crippen LogP contribution in [0.15, 0.2) is 48.5 Å². The summed E-state index contributed by atoms with van der Waals surface area (Å²) < 4.78 is 31.5. The van der Waals surface area contributed by atoms with Crippen molar-refractivity contribution in [2.75, 3.05) is 12.4 Å². The first-order valence-electron chi connectivity index (χ1n) is 7.83. The average Bonchev–Trinajstić information content (AvgIpc) is 3.11. The summed E-state index contributed by atoms with van der Waals surface area (Å²) in [5, 5.41) is 2.96. The van der Waals surface area contributed by atoms with Crippen molar-refractivity contribution in [1.29, 1.82) is 0 Å². The van der Waals surface area contributed by atoms with Gasteiger partial charge in [-0.05, 0) is 25.1 Å². The van der Waals surface area contributed by atoms with Crippen LogP contribution in [0, 0.1) is 11.6 Å². The predicted molar refractivity (Wildman–Crippen MR) is 96.9 cm³/mol. The third-order valence-electron chi connectivity index (χ3n) is 3.98. The lowest BCUT2D eigenvalue weighted by Gasteiger charge is -2.25. The largest absolute Gasteiger partial charge is 0.323 e. The van der Waals surface area contributed by atoms with Gasteiger partial charge in [-0.15, -0.1) is 0 Å². The van der Waals surface area contributed by atoms with Crippen LogP contribution in [-0.4, -0.2) is 27.3 Å². The predicted octanol–water partition coefficient (Wildman–Crippen LogP) is 4.71. The van der Waals surface area contributed by atoms with Crippen molar-refractivity contribution in [3.63, 3.8) is 0 Å². The highest BCUT2D eigenvalue weighted by Gasteiger charge is 2.22. The van der Waals surface area contributed by atoms with Crippen molar-refractivity contribution in [2.24, 2.45) is 0 Å². The fourth-order valence-corrected chi connectivity index (χ4v) is 2.96. The van der Waals surface area contributed by atoms with Crippen molar-refractivity contribution in [2.45, 2.75) is 13.0 Å². The Kier molecular flexibility index (Phi) is 5.22. The number of carbonyl (C=O) groups excluding carboxylic acids is 1. The van der Waals surface area contributed by atoms with Gasteiger partial charge >= 0.3 is 6.03 Å². The lowest BCUT2D eigenvalue weighted by molar-refractivity contribution is 0.207. The van der Waals surface area contributed by atoms with Gasteiger partial charge in [0, 0.05) is 29.7 Å². The van der Waals surface area contributed by atoms with Gasteiger partial charge in [-0.3, -0.25) is 5.32 Å². The molecule has 0 radical (unpaired) electrons. The highest BCUT2D eigenvalue weighted by atomic mass is 32.1. The van der Waals surface area contributed by atoms with Crippen LogP contribution in [0.2, 0.25) is 0 Å². The number of amides is 2. The van der Waals surface area contributed by atoms with Crippen LogP contribution < -0.4 is 5.32 Å². The SMILES string of the molecule is C[C@H](c1cc(F)ccc1F)N(C)C(=O)Nc1nc(-c2ccccc2)ns1. The Bertz CT molecular complexity index is 917. The quantitative estimate of drug-likeness (QED) is 0.720. The van der Waals surface area contributed by atoms with E-state index in [2.05, 4.69) is 14.7 Å². The molecule has 3 rings (SSSR count). The summed E-state index contributed by atoms with van der Waals surface area (Å²) in [6.45, 7) is 1.62. The van der Waals surface area contributed by atoms with Crippen LogP contribution in [0.5, 0.6) is 0 Å². The second-order valence-corrected chi connectivity index (χ2v) is 6.42. The standard InChI is InChI=1S/C18H16F2N4OS/c1-11(14-10-13(19)8-9-15(14)20)24(2)18(25)22-17-21-16(23-26-17)12-6-4-3-5-7-12/h3-11H,1-2H3,(H,21,22,23,25)/t11-/m1/s1. The molecule has 0 spiro atoms. The van der Waals surface area contributed by atoms with E-state index in [1.54, 1.807) is 6.92 Å². The zero-order valence-corrected chi connectivity index (χ0v) is 14.9. The molecule has 0 aliphatic carbocycles. The molecule has 0 saturated heterocycles. The molecular formula is C18H16F2N4OS. The van der Waals surface area contributed by atoms with E-state index in [0.29, 0.717) is 11.0 Å². The van der Waals surface area contributed by atoms with E-state index in [0.717, 1.165) is 35.3 Å². The first-order valence-corrected chi connectivity index (χ1v) is 8.61. The maximum atomic E-state index is 13.9. The molecule has 0 bridgehead atoms. The smallest absolute Gasteiger partial charge is 0.321 e. The summed E-state index contributed by atoms with van der Waals surface area (Å²) in [5.74, 6) is -0.614. The van der Waals surface area contributed by atoms with E-state index >= 15 is 0 Å². The van der Waals surface area contributed by atoms with Gasteiger partial charge in [0.05, 0.1) is 6.04 Å². The molecule has 8 heteroatoms. The molecule has 1 heterocycles. The fraction of sp³-hybridized carbons (Fsp3) is 0.167. The van der Waals surface area contributed by atoms with Gasteiger partial charge in [0.1, 0.15) is 11.6 Å². The van der Waals surface area contributed by atoms with Gasteiger partial charge < -0.3 is 4.90 Å². The summed E-state index contributed by atoms with van der Waals surface area (Å²) >= 11 is 1.05. The third kappa shape index (κ3) is 3.85. The Morgan fingerprint density at radius 2 is 1.92 bits per heavy atom. The summed E-state index contributed by atoms with van der Waals surface area (Å²) in [6.07, 6.45) is 0. The molecule has 0 unspecified atom stereocenters. The lowest BCUT2D eigenvalue weighted by atomic mass is 10.1.